The summed E-state index contributed by atoms with van der Waals surface area (Å²) < 4.78 is 11.7. The molecule has 0 aliphatic carbocycles. The summed E-state index contributed by atoms with van der Waals surface area (Å²) >= 11 is 3.40. The maximum Gasteiger partial charge on any atom is 0.321 e. The quantitative estimate of drug-likeness (QED) is 0.819. The van der Waals surface area contributed by atoms with E-state index in [9.17, 15) is 4.79 Å². The summed E-state index contributed by atoms with van der Waals surface area (Å²) in [6, 6.07) is 7.50. The molecule has 1 aromatic carbocycles. The van der Waals surface area contributed by atoms with Crippen molar-refractivity contribution in [3.05, 3.63) is 40.5 Å². The Kier molecular flexibility index (Phi) is 6.04. The van der Waals surface area contributed by atoms with Gasteiger partial charge in [0.25, 0.3) is 0 Å². The summed E-state index contributed by atoms with van der Waals surface area (Å²) in [4.78, 5) is 18.3. The molecule has 8 heteroatoms. The highest BCUT2D eigenvalue weighted by Gasteiger charge is 2.23. The minimum atomic E-state index is -0.0705. The zero-order valence-corrected chi connectivity index (χ0v) is 15.7. The number of carbonyl (C=O) groups excluding carboxylic acids is 1. The first kappa shape index (κ1) is 17.9. The molecule has 2 amide bonds. The number of aromatic nitrogens is 2. The third kappa shape index (κ3) is 5.27. The maximum absolute atomic E-state index is 12.3. The molecule has 1 N–H and O–H groups in total. The number of rotatable bonds is 5. The van der Waals surface area contributed by atoms with Crippen molar-refractivity contribution in [3.63, 3.8) is 0 Å². The number of benzene rings is 1. The van der Waals surface area contributed by atoms with E-state index in [1.54, 1.807) is 6.92 Å². The molecule has 3 rings (SSSR count). The summed E-state index contributed by atoms with van der Waals surface area (Å²) in [5, 5.41) is 6.77. The Hall–Kier alpha value is -1.93. The molecule has 0 bridgehead atoms. The Bertz CT molecular complexity index is 713. The Morgan fingerprint density at radius 1 is 1.44 bits per heavy atom. The summed E-state index contributed by atoms with van der Waals surface area (Å²) in [6.07, 6.45) is 2.47. The fraction of sp³-hybridized carbons (Fsp3) is 0.471. The highest BCUT2D eigenvalue weighted by Crippen LogP contribution is 2.18. The van der Waals surface area contributed by atoms with E-state index in [2.05, 4.69) is 31.4 Å². The molecule has 7 nitrogen and oxygen atoms in total. The van der Waals surface area contributed by atoms with E-state index in [0.29, 0.717) is 37.8 Å². The Morgan fingerprint density at radius 2 is 2.24 bits per heavy atom. The number of urea groups is 1. The number of anilines is 1. The highest BCUT2D eigenvalue weighted by atomic mass is 79.9. The van der Waals surface area contributed by atoms with Crippen LogP contribution in [0.25, 0.3) is 0 Å². The van der Waals surface area contributed by atoms with Crippen molar-refractivity contribution >= 4 is 27.6 Å². The number of nitrogens with one attached hydrogen (secondary N) is 1. The first-order valence-electron chi connectivity index (χ1n) is 8.32. The largest absolute Gasteiger partial charge is 0.378 e. The van der Waals surface area contributed by atoms with Crippen LogP contribution in [0.2, 0.25) is 0 Å². The van der Waals surface area contributed by atoms with Gasteiger partial charge in [-0.3, -0.25) is 0 Å². The molecular weight excluding hydrogens is 388 g/mol. The van der Waals surface area contributed by atoms with Gasteiger partial charge in [-0.2, -0.15) is 4.98 Å². The average molecular weight is 409 g/mol. The number of ether oxygens (including phenoxy) is 1. The van der Waals surface area contributed by atoms with Gasteiger partial charge in [-0.05, 0) is 31.0 Å². The van der Waals surface area contributed by atoms with Crippen LogP contribution in [0.5, 0.6) is 0 Å². The van der Waals surface area contributed by atoms with Crippen molar-refractivity contribution in [1.82, 2.24) is 15.0 Å². The van der Waals surface area contributed by atoms with Gasteiger partial charge in [-0.25, -0.2) is 4.79 Å². The lowest BCUT2D eigenvalue weighted by molar-refractivity contribution is 0.0168. The molecule has 1 aliphatic rings. The van der Waals surface area contributed by atoms with Gasteiger partial charge in [0.1, 0.15) is 0 Å². The predicted octanol–water partition coefficient (Wildman–Crippen LogP) is 3.40. The fourth-order valence-corrected chi connectivity index (χ4v) is 3.15. The first-order valence-corrected chi connectivity index (χ1v) is 9.12. The molecule has 0 radical (unpaired) electrons. The second kappa shape index (κ2) is 8.44. The standard InChI is InChI=1S/C17H21BrN4O3/c1-12-19-16(21-25-12)7-10-24-15-5-8-22(9-6-15)17(23)20-14-4-2-3-13(18)11-14/h2-4,11,15H,5-10H2,1H3,(H,20,23). The summed E-state index contributed by atoms with van der Waals surface area (Å²) in [5.41, 5.74) is 0.785. The normalized spacial score (nSPS) is 15.4. The molecule has 0 atom stereocenters. The maximum atomic E-state index is 12.3. The van der Waals surface area contributed by atoms with Crippen LogP contribution in [0.3, 0.4) is 0 Å². The number of hydrogen-bond donors (Lipinski definition) is 1. The first-order chi connectivity index (χ1) is 12.1. The van der Waals surface area contributed by atoms with Gasteiger partial charge in [0.15, 0.2) is 5.82 Å². The van der Waals surface area contributed by atoms with E-state index < -0.39 is 0 Å². The summed E-state index contributed by atoms with van der Waals surface area (Å²) in [7, 11) is 0. The Morgan fingerprint density at radius 3 is 2.92 bits per heavy atom. The molecule has 0 saturated carbocycles. The minimum absolute atomic E-state index is 0.0705. The van der Waals surface area contributed by atoms with E-state index >= 15 is 0 Å². The summed E-state index contributed by atoms with van der Waals surface area (Å²) in [6.45, 7) is 3.71. The van der Waals surface area contributed by atoms with Crippen molar-refractivity contribution in [2.75, 3.05) is 25.0 Å². The average Bonchev–Trinajstić information content (AvgIpc) is 3.01. The molecule has 1 aliphatic heterocycles. The van der Waals surface area contributed by atoms with E-state index in [-0.39, 0.29) is 12.1 Å². The molecule has 134 valence electrons. The third-order valence-electron chi connectivity index (χ3n) is 4.05. The lowest BCUT2D eigenvalue weighted by atomic mass is 10.1. The highest BCUT2D eigenvalue weighted by molar-refractivity contribution is 9.10. The van der Waals surface area contributed by atoms with E-state index in [0.717, 1.165) is 23.0 Å². The fourth-order valence-electron chi connectivity index (χ4n) is 2.75. The van der Waals surface area contributed by atoms with Gasteiger partial charge in [0.2, 0.25) is 5.89 Å². The number of amides is 2. The second-order valence-corrected chi connectivity index (χ2v) is 6.89. The van der Waals surface area contributed by atoms with Crippen molar-refractivity contribution in [3.8, 4) is 0 Å². The zero-order valence-electron chi connectivity index (χ0n) is 14.1. The van der Waals surface area contributed by atoms with Gasteiger partial charge in [-0.15, -0.1) is 0 Å². The van der Waals surface area contributed by atoms with Gasteiger partial charge in [0, 0.05) is 36.6 Å². The molecule has 25 heavy (non-hydrogen) atoms. The molecule has 2 aromatic rings. The van der Waals surface area contributed by atoms with Crippen LogP contribution in [-0.2, 0) is 11.2 Å². The number of halogens is 1. The lowest BCUT2D eigenvalue weighted by Gasteiger charge is -2.32. The van der Waals surface area contributed by atoms with Crippen molar-refractivity contribution in [2.24, 2.45) is 0 Å². The van der Waals surface area contributed by atoms with Gasteiger partial charge >= 0.3 is 6.03 Å². The van der Waals surface area contributed by atoms with Crippen molar-refractivity contribution in [1.29, 1.82) is 0 Å². The third-order valence-corrected chi connectivity index (χ3v) is 4.55. The molecule has 0 unspecified atom stereocenters. The van der Waals surface area contributed by atoms with Crippen molar-refractivity contribution < 1.29 is 14.1 Å². The number of likely N-dealkylation sites (tertiary alicyclic amines) is 1. The van der Waals surface area contributed by atoms with Crippen LogP contribution < -0.4 is 5.32 Å². The van der Waals surface area contributed by atoms with Crippen LogP contribution in [0.4, 0.5) is 10.5 Å². The monoisotopic (exact) mass is 408 g/mol. The molecule has 2 heterocycles. The van der Waals surface area contributed by atoms with Crippen LogP contribution in [0.1, 0.15) is 24.6 Å². The molecule has 1 saturated heterocycles. The molecular formula is C17H21BrN4O3. The molecule has 0 spiro atoms. The lowest BCUT2D eigenvalue weighted by Crippen LogP contribution is -2.43. The van der Waals surface area contributed by atoms with Gasteiger partial charge in [0.05, 0.1) is 12.7 Å². The number of piperidine rings is 1. The van der Waals surface area contributed by atoms with E-state index in [1.165, 1.54) is 0 Å². The Balaban J connectivity index is 1.38. The topological polar surface area (TPSA) is 80.5 Å². The van der Waals surface area contributed by atoms with Gasteiger partial charge < -0.3 is 19.5 Å². The summed E-state index contributed by atoms with van der Waals surface area (Å²) in [5.74, 6) is 1.24. The second-order valence-electron chi connectivity index (χ2n) is 5.98. The number of carbonyl (C=O) groups is 1. The van der Waals surface area contributed by atoms with Crippen LogP contribution >= 0.6 is 15.9 Å². The van der Waals surface area contributed by atoms with Crippen LogP contribution in [0, 0.1) is 6.92 Å². The zero-order chi connectivity index (χ0) is 17.6. The minimum Gasteiger partial charge on any atom is -0.378 e. The smallest absolute Gasteiger partial charge is 0.321 e. The van der Waals surface area contributed by atoms with Crippen LogP contribution in [-0.4, -0.2) is 46.9 Å². The van der Waals surface area contributed by atoms with Gasteiger partial charge in [-0.1, -0.05) is 27.2 Å². The van der Waals surface area contributed by atoms with Crippen LogP contribution in [0.15, 0.2) is 33.3 Å². The van der Waals surface area contributed by atoms with Crippen molar-refractivity contribution in [2.45, 2.75) is 32.3 Å². The molecule has 1 fully saturated rings. The number of hydrogen-bond acceptors (Lipinski definition) is 5. The van der Waals surface area contributed by atoms with E-state index in [4.69, 9.17) is 9.26 Å². The van der Waals surface area contributed by atoms with E-state index in [1.807, 2.05) is 29.2 Å². The predicted molar refractivity (Wildman–Crippen MR) is 96.4 cm³/mol. The molecule has 1 aromatic heterocycles. The number of nitrogens with zero attached hydrogens (tertiary/aromatic N) is 3. The SMILES string of the molecule is Cc1nc(CCOC2CCN(C(=O)Nc3cccc(Br)c3)CC2)no1. The Labute approximate surface area is 154 Å². The number of aryl methyl sites for hydroxylation is 1.